The van der Waals surface area contributed by atoms with Gasteiger partial charge < -0.3 is 0 Å². The summed E-state index contributed by atoms with van der Waals surface area (Å²) in [7, 11) is 0. The molecule has 0 aliphatic heterocycles. The standard InChI is InChI=1S/C55H36S/c1-55(2)48-28-24-35(30-45(48)46-32-51-47(31-49(46)55)54-37-17-7-6-14-33(37)25-29-50(54)56-51)36-26-27-44(39-19-9-8-18-38(36)39)53-42-22-12-10-20-40(42)52(34-15-4-3-5-16-34)41-21-11-13-23-43(41)53/h3-32H,1-2H3. The fourth-order valence-electron chi connectivity index (χ4n) is 10.1. The molecule has 0 spiro atoms. The van der Waals surface area contributed by atoms with Crippen molar-refractivity contribution in [3.63, 3.8) is 0 Å². The van der Waals surface area contributed by atoms with E-state index in [4.69, 9.17) is 0 Å². The summed E-state index contributed by atoms with van der Waals surface area (Å²) >= 11 is 1.92. The number of thiophene rings is 1. The molecule has 56 heavy (non-hydrogen) atoms. The Kier molecular flexibility index (Phi) is 6.66. The van der Waals surface area contributed by atoms with Crippen molar-refractivity contribution in [1.29, 1.82) is 0 Å². The minimum Gasteiger partial charge on any atom is -0.135 e. The normalized spacial score (nSPS) is 13.3. The third kappa shape index (κ3) is 4.41. The second kappa shape index (κ2) is 11.7. The van der Waals surface area contributed by atoms with Gasteiger partial charge in [0.15, 0.2) is 0 Å². The van der Waals surface area contributed by atoms with E-state index in [1.807, 2.05) is 11.3 Å². The third-order valence-electron chi connectivity index (χ3n) is 12.7. The lowest BCUT2D eigenvalue weighted by molar-refractivity contribution is 0.661. The molecule has 262 valence electrons. The zero-order valence-electron chi connectivity index (χ0n) is 31.2. The first-order chi connectivity index (χ1) is 27.5. The summed E-state index contributed by atoms with van der Waals surface area (Å²) in [6.07, 6.45) is 0. The van der Waals surface area contributed by atoms with Gasteiger partial charge in [0.25, 0.3) is 0 Å². The minimum atomic E-state index is -0.101. The molecule has 12 rings (SSSR count). The number of hydrogen-bond acceptors (Lipinski definition) is 1. The van der Waals surface area contributed by atoms with Crippen LogP contribution in [0, 0.1) is 0 Å². The highest BCUT2D eigenvalue weighted by atomic mass is 32.1. The zero-order valence-corrected chi connectivity index (χ0v) is 32.0. The van der Waals surface area contributed by atoms with Gasteiger partial charge in [-0.2, -0.15) is 0 Å². The molecule has 0 fully saturated rings. The fraction of sp³-hybridized carbons (Fsp3) is 0.0545. The van der Waals surface area contributed by atoms with Crippen molar-refractivity contribution in [1.82, 2.24) is 0 Å². The van der Waals surface area contributed by atoms with Crippen molar-refractivity contribution in [3.8, 4) is 44.5 Å². The summed E-state index contributed by atoms with van der Waals surface area (Å²) in [6.45, 7) is 4.80. The SMILES string of the molecule is CC1(C)c2ccc(-c3ccc(-c4c5ccccc5c(-c5ccccc5)c5ccccc45)c4ccccc34)cc2-c2cc3sc4ccc5ccccc5c4c3cc21. The Bertz CT molecular complexity index is 3380. The van der Waals surface area contributed by atoms with Crippen LogP contribution in [-0.2, 0) is 5.41 Å². The molecular formula is C55H36S. The van der Waals surface area contributed by atoms with Gasteiger partial charge in [0, 0.05) is 25.6 Å². The van der Waals surface area contributed by atoms with E-state index >= 15 is 0 Å². The maximum atomic E-state index is 2.51. The van der Waals surface area contributed by atoms with Gasteiger partial charge in [-0.15, -0.1) is 11.3 Å². The van der Waals surface area contributed by atoms with Crippen molar-refractivity contribution in [2.75, 3.05) is 0 Å². The van der Waals surface area contributed by atoms with E-state index in [-0.39, 0.29) is 5.41 Å². The minimum absolute atomic E-state index is 0.101. The second-order valence-corrected chi connectivity index (χ2v) is 17.0. The van der Waals surface area contributed by atoms with Gasteiger partial charge in [-0.25, -0.2) is 0 Å². The molecule has 1 aliphatic rings. The van der Waals surface area contributed by atoms with Gasteiger partial charge in [0.1, 0.15) is 0 Å². The van der Waals surface area contributed by atoms with Gasteiger partial charge in [-0.3, -0.25) is 0 Å². The Hall–Kier alpha value is -6.54. The van der Waals surface area contributed by atoms with Crippen LogP contribution in [0.15, 0.2) is 182 Å². The molecule has 0 nitrogen and oxygen atoms in total. The second-order valence-electron chi connectivity index (χ2n) is 16.0. The fourth-order valence-corrected chi connectivity index (χ4v) is 11.2. The summed E-state index contributed by atoms with van der Waals surface area (Å²) in [5, 5.41) is 13.1. The van der Waals surface area contributed by atoms with Gasteiger partial charge in [-0.1, -0.05) is 172 Å². The Balaban J connectivity index is 1.06. The van der Waals surface area contributed by atoms with Crippen molar-refractivity contribution in [3.05, 3.63) is 193 Å². The third-order valence-corrected chi connectivity index (χ3v) is 13.8. The van der Waals surface area contributed by atoms with E-state index in [0.717, 1.165) is 0 Å². The van der Waals surface area contributed by atoms with Crippen LogP contribution >= 0.6 is 11.3 Å². The lowest BCUT2D eigenvalue weighted by atomic mass is 9.81. The molecule has 1 aromatic heterocycles. The van der Waals surface area contributed by atoms with E-state index in [9.17, 15) is 0 Å². The molecule has 0 atom stereocenters. The molecule has 0 saturated carbocycles. The lowest BCUT2D eigenvalue weighted by Crippen LogP contribution is -2.14. The average molecular weight is 729 g/mol. The van der Waals surface area contributed by atoms with Crippen LogP contribution in [0.3, 0.4) is 0 Å². The largest absolute Gasteiger partial charge is 0.135 e. The Morgan fingerprint density at radius 3 is 1.62 bits per heavy atom. The Labute approximate surface area is 329 Å². The molecule has 0 saturated heterocycles. The molecule has 0 unspecified atom stereocenters. The first kappa shape index (κ1) is 31.8. The molecule has 0 amide bonds. The maximum absolute atomic E-state index is 2.51. The van der Waals surface area contributed by atoms with E-state index < -0.39 is 0 Å². The lowest BCUT2D eigenvalue weighted by Gasteiger charge is -2.22. The molecule has 1 heteroatoms. The van der Waals surface area contributed by atoms with Crippen LogP contribution in [0.25, 0.3) is 108 Å². The number of fused-ring (bicyclic) bond motifs is 11. The molecule has 11 aromatic rings. The number of hydrogen-bond donors (Lipinski definition) is 0. The first-order valence-corrected chi connectivity index (χ1v) is 20.4. The van der Waals surface area contributed by atoms with Crippen molar-refractivity contribution in [2.24, 2.45) is 0 Å². The highest BCUT2D eigenvalue weighted by Gasteiger charge is 2.36. The van der Waals surface area contributed by atoms with E-state index in [1.165, 1.54) is 119 Å². The first-order valence-electron chi connectivity index (χ1n) is 19.6. The predicted octanol–water partition coefficient (Wildman–Crippen LogP) is 16.0. The monoisotopic (exact) mass is 728 g/mol. The Morgan fingerprint density at radius 1 is 0.339 bits per heavy atom. The molecule has 0 radical (unpaired) electrons. The van der Waals surface area contributed by atoms with Gasteiger partial charge in [0.05, 0.1) is 0 Å². The highest BCUT2D eigenvalue weighted by Crippen LogP contribution is 2.54. The van der Waals surface area contributed by atoms with E-state index in [1.54, 1.807) is 0 Å². The molecule has 0 bridgehead atoms. The maximum Gasteiger partial charge on any atom is 0.0362 e. The smallest absolute Gasteiger partial charge is 0.0362 e. The topological polar surface area (TPSA) is 0 Å². The number of rotatable bonds is 3. The van der Waals surface area contributed by atoms with Crippen molar-refractivity contribution >= 4 is 74.6 Å². The van der Waals surface area contributed by atoms with Crippen LogP contribution in [0.2, 0.25) is 0 Å². The van der Waals surface area contributed by atoms with Crippen LogP contribution in [0.5, 0.6) is 0 Å². The van der Waals surface area contributed by atoms with Gasteiger partial charge >= 0.3 is 0 Å². The van der Waals surface area contributed by atoms with Crippen molar-refractivity contribution in [2.45, 2.75) is 19.3 Å². The molecule has 1 heterocycles. The summed E-state index contributed by atoms with van der Waals surface area (Å²) in [5.74, 6) is 0. The quantitative estimate of drug-likeness (QED) is 0.159. The van der Waals surface area contributed by atoms with Crippen LogP contribution < -0.4 is 0 Å². The highest BCUT2D eigenvalue weighted by molar-refractivity contribution is 7.26. The van der Waals surface area contributed by atoms with Crippen molar-refractivity contribution < 1.29 is 0 Å². The molecule has 10 aromatic carbocycles. The van der Waals surface area contributed by atoms with Crippen LogP contribution in [-0.4, -0.2) is 0 Å². The predicted molar refractivity (Wildman–Crippen MR) is 243 cm³/mol. The van der Waals surface area contributed by atoms with Gasteiger partial charge in [0.2, 0.25) is 0 Å². The van der Waals surface area contributed by atoms with Gasteiger partial charge in [-0.05, 0) is 123 Å². The summed E-state index contributed by atoms with van der Waals surface area (Å²) in [4.78, 5) is 0. The summed E-state index contributed by atoms with van der Waals surface area (Å²) in [5.41, 5.74) is 13.1. The van der Waals surface area contributed by atoms with E-state index in [2.05, 4.69) is 196 Å². The molecule has 1 aliphatic carbocycles. The summed E-state index contributed by atoms with van der Waals surface area (Å²) < 4.78 is 2.72. The summed E-state index contributed by atoms with van der Waals surface area (Å²) in [6, 6.07) is 68.2. The average Bonchev–Trinajstić information content (AvgIpc) is 3.73. The Morgan fingerprint density at radius 2 is 0.911 bits per heavy atom. The molecule has 0 N–H and O–H groups in total. The zero-order chi connectivity index (χ0) is 37.1. The van der Waals surface area contributed by atoms with Crippen LogP contribution in [0.4, 0.5) is 0 Å². The van der Waals surface area contributed by atoms with E-state index in [0.29, 0.717) is 0 Å². The number of benzene rings is 10. The molecular weight excluding hydrogens is 693 g/mol. The van der Waals surface area contributed by atoms with Crippen LogP contribution in [0.1, 0.15) is 25.0 Å².